The van der Waals surface area contributed by atoms with Gasteiger partial charge in [-0.2, -0.15) is 57.1 Å². The average Bonchev–Trinajstić information content (AvgIpc) is 3.64. The van der Waals surface area contributed by atoms with Crippen molar-refractivity contribution in [3.63, 3.8) is 0 Å². The predicted octanol–water partition coefficient (Wildman–Crippen LogP) is 12.5. The summed E-state index contributed by atoms with van der Waals surface area (Å²) < 4.78 is 183. The first-order valence-corrected chi connectivity index (χ1v) is 17.7. The lowest BCUT2D eigenvalue weighted by molar-refractivity contribution is -0.894. The fourth-order valence-electron chi connectivity index (χ4n) is 7.58. The Labute approximate surface area is 297 Å². The normalized spacial score (nSPS) is 26.1. The zero-order valence-corrected chi connectivity index (χ0v) is 29.7. The molecule has 52 heavy (non-hydrogen) atoms. The van der Waals surface area contributed by atoms with Gasteiger partial charge in [-0.25, -0.2) is 0 Å². The van der Waals surface area contributed by atoms with Crippen molar-refractivity contribution in [2.24, 2.45) is 35.5 Å². The van der Waals surface area contributed by atoms with Gasteiger partial charge in [0, 0.05) is 11.8 Å². The summed E-state index contributed by atoms with van der Waals surface area (Å²) in [5.74, 6) is -41.7. The maximum Gasteiger partial charge on any atom is 0.460 e. The van der Waals surface area contributed by atoms with Crippen LogP contribution in [0.4, 0.5) is 57.1 Å². The standard InChI is InChI=1S/C38H49F13N/c1-5-7-10-15-30-22-28(24-32(30)33(39,40)34(41,42)35(43,44)36(45,46)37(47,48)38(49,50)51)17-16-27-21-29(19-18-26-13-11-9-12-14-26)31(23-27)25-52(3,4)20-8-6-2/h9-19,27-32H,5-8,20-25H2,1-4H3/q+1/b15-10-,17-16+,19-18-. The molecule has 0 radical (unpaired) electrons. The van der Waals surface area contributed by atoms with Crippen molar-refractivity contribution in [1.29, 1.82) is 0 Å². The van der Waals surface area contributed by atoms with E-state index >= 15 is 8.78 Å². The number of alkyl halides is 13. The van der Waals surface area contributed by atoms with Gasteiger partial charge in [0.2, 0.25) is 0 Å². The molecule has 2 aliphatic rings. The molecule has 296 valence electrons. The van der Waals surface area contributed by atoms with E-state index in [1.165, 1.54) is 12.2 Å². The quantitative estimate of drug-likeness (QED) is 0.0842. The molecule has 2 saturated carbocycles. The van der Waals surface area contributed by atoms with Crippen LogP contribution in [0.2, 0.25) is 0 Å². The van der Waals surface area contributed by atoms with E-state index in [4.69, 9.17) is 0 Å². The minimum atomic E-state index is -7.90. The maximum atomic E-state index is 15.5. The van der Waals surface area contributed by atoms with Crippen molar-refractivity contribution >= 4 is 6.08 Å². The third-order valence-corrected chi connectivity index (χ3v) is 10.5. The summed E-state index contributed by atoms with van der Waals surface area (Å²) in [5, 5.41) is 0. The van der Waals surface area contributed by atoms with Gasteiger partial charge < -0.3 is 4.48 Å². The number of hydrogen-bond donors (Lipinski definition) is 0. The highest BCUT2D eigenvalue weighted by atomic mass is 19.4. The summed E-state index contributed by atoms with van der Waals surface area (Å²) in [6.07, 6.45) is 5.47. The molecule has 1 nitrogen and oxygen atoms in total. The van der Waals surface area contributed by atoms with E-state index in [0.717, 1.165) is 42.1 Å². The van der Waals surface area contributed by atoms with Gasteiger partial charge in [0.05, 0.1) is 27.2 Å². The van der Waals surface area contributed by atoms with E-state index in [1.807, 2.05) is 36.4 Å². The number of nitrogens with zero attached hydrogens (tertiary/aromatic N) is 1. The van der Waals surface area contributed by atoms with E-state index in [2.05, 4.69) is 27.1 Å². The van der Waals surface area contributed by atoms with Crippen molar-refractivity contribution < 1.29 is 61.6 Å². The zero-order chi connectivity index (χ0) is 39.4. The molecule has 1 aromatic carbocycles. The van der Waals surface area contributed by atoms with Crippen LogP contribution >= 0.6 is 0 Å². The molecule has 0 amide bonds. The number of allylic oxidation sites excluding steroid dienone is 5. The molecule has 0 bridgehead atoms. The number of halogens is 13. The summed E-state index contributed by atoms with van der Waals surface area (Å²) in [5.41, 5.74) is 1.00. The van der Waals surface area contributed by atoms with E-state index in [1.54, 1.807) is 13.0 Å². The van der Waals surface area contributed by atoms with Gasteiger partial charge in [0.25, 0.3) is 0 Å². The largest absolute Gasteiger partial charge is 0.460 e. The van der Waals surface area contributed by atoms with Gasteiger partial charge in [-0.3, -0.25) is 0 Å². The Morgan fingerprint density at radius 1 is 0.635 bits per heavy atom. The van der Waals surface area contributed by atoms with E-state index in [-0.39, 0.29) is 30.6 Å². The number of unbranched alkanes of at least 4 members (excludes halogenated alkanes) is 2. The van der Waals surface area contributed by atoms with Gasteiger partial charge >= 0.3 is 35.8 Å². The molecular formula is C38H49F13N+. The molecule has 6 atom stereocenters. The van der Waals surface area contributed by atoms with Crippen molar-refractivity contribution in [1.82, 2.24) is 0 Å². The van der Waals surface area contributed by atoms with Gasteiger partial charge in [0.1, 0.15) is 0 Å². The number of benzene rings is 1. The Morgan fingerprint density at radius 2 is 1.19 bits per heavy atom. The Bertz CT molecular complexity index is 1360. The highest BCUT2D eigenvalue weighted by molar-refractivity contribution is 5.49. The Balaban J connectivity index is 1.90. The average molecular weight is 767 g/mol. The fourth-order valence-corrected chi connectivity index (χ4v) is 7.58. The van der Waals surface area contributed by atoms with Crippen LogP contribution in [0.5, 0.6) is 0 Å². The first-order valence-electron chi connectivity index (χ1n) is 17.7. The van der Waals surface area contributed by atoms with Crippen LogP contribution in [0.15, 0.2) is 60.7 Å². The second kappa shape index (κ2) is 16.5. The third kappa shape index (κ3) is 9.22. The van der Waals surface area contributed by atoms with Crippen LogP contribution in [0.25, 0.3) is 6.08 Å². The third-order valence-electron chi connectivity index (χ3n) is 10.5. The molecular weight excluding hydrogens is 717 g/mol. The molecule has 3 rings (SSSR count). The van der Waals surface area contributed by atoms with Crippen LogP contribution in [-0.2, 0) is 0 Å². The first kappa shape index (κ1) is 43.9. The van der Waals surface area contributed by atoms with Gasteiger partial charge in [-0.05, 0) is 67.8 Å². The second-order valence-electron chi connectivity index (χ2n) is 15.1. The summed E-state index contributed by atoms with van der Waals surface area (Å²) in [7, 11) is 4.28. The highest BCUT2D eigenvalue weighted by Crippen LogP contribution is 2.63. The Morgan fingerprint density at radius 3 is 1.75 bits per heavy atom. The molecule has 0 aromatic heterocycles. The molecule has 1 aromatic rings. The summed E-state index contributed by atoms with van der Waals surface area (Å²) in [6.45, 7) is 5.60. The first-order chi connectivity index (χ1) is 23.9. The van der Waals surface area contributed by atoms with Crippen molar-refractivity contribution in [3.8, 4) is 0 Å². The summed E-state index contributed by atoms with van der Waals surface area (Å²) in [4.78, 5) is 0. The Kier molecular flexibility index (Phi) is 13.9. The molecule has 0 N–H and O–H groups in total. The van der Waals surface area contributed by atoms with Crippen molar-refractivity contribution in [3.05, 3.63) is 66.3 Å². The number of hydrogen-bond acceptors (Lipinski definition) is 0. The smallest absolute Gasteiger partial charge is 0.328 e. The SMILES string of the molecule is CCC/C=C\C1CC(/C=C/C2CC(/C=C\c3ccccc3)C(C[N+](C)(C)CCCC)C2)CC1C(F)(F)C(F)(F)C(F)(F)C(F)(F)C(F)(F)C(F)(F)F. The highest BCUT2D eigenvalue weighted by Gasteiger charge is 2.91. The van der Waals surface area contributed by atoms with E-state index < -0.39 is 60.0 Å². The fraction of sp³-hybridized carbons (Fsp3) is 0.684. The summed E-state index contributed by atoms with van der Waals surface area (Å²) >= 11 is 0. The predicted molar refractivity (Wildman–Crippen MR) is 176 cm³/mol. The molecule has 2 fully saturated rings. The molecule has 0 aliphatic heterocycles. The second-order valence-corrected chi connectivity index (χ2v) is 15.1. The number of rotatable bonds is 17. The maximum absolute atomic E-state index is 15.5. The van der Waals surface area contributed by atoms with Crippen LogP contribution < -0.4 is 0 Å². The molecule has 0 saturated heterocycles. The molecule has 6 unspecified atom stereocenters. The van der Waals surface area contributed by atoms with Crippen molar-refractivity contribution in [2.75, 3.05) is 27.2 Å². The van der Waals surface area contributed by atoms with E-state index in [9.17, 15) is 48.3 Å². The van der Waals surface area contributed by atoms with Gasteiger partial charge in [0.15, 0.2) is 0 Å². The Hall–Kier alpha value is -2.51. The van der Waals surface area contributed by atoms with Crippen molar-refractivity contribution in [2.45, 2.75) is 101 Å². The van der Waals surface area contributed by atoms with Crippen LogP contribution in [0, 0.1) is 35.5 Å². The lowest BCUT2D eigenvalue weighted by Gasteiger charge is -2.42. The van der Waals surface area contributed by atoms with Crippen LogP contribution in [0.1, 0.15) is 70.8 Å². The number of quaternary nitrogens is 1. The topological polar surface area (TPSA) is 0 Å². The minimum Gasteiger partial charge on any atom is -0.328 e. The summed E-state index contributed by atoms with van der Waals surface area (Å²) in [6, 6.07) is 9.63. The van der Waals surface area contributed by atoms with Crippen LogP contribution in [-0.4, -0.2) is 67.5 Å². The molecule has 0 spiro atoms. The molecule has 14 heteroatoms. The monoisotopic (exact) mass is 766 g/mol. The van der Waals surface area contributed by atoms with Crippen LogP contribution in [0.3, 0.4) is 0 Å². The molecule has 0 heterocycles. The van der Waals surface area contributed by atoms with E-state index in [0.29, 0.717) is 19.3 Å². The van der Waals surface area contributed by atoms with Gasteiger partial charge in [-0.15, -0.1) is 0 Å². The zero-order valence-electron chi connectivity index (χ0n) is 29.7. The minimum absolute atomic E-state index is 0.0655. The lowest BCUT2D eigenvalue weighted by Crippen LogP contribution is -2.71. The van der Waals surface area contributed by atoms with Gasteiger partial charge in [-0.1, -0.05) is 93.5 Å². The lowest BCUT2D eigenvalue weighted by atomic mass is 9.82. The molecule has 2 aliphatic carbocycles.